The van der Waals surface area contributed by atoms with E-state index in [2.05, 4.69) is 0 Å². The van der Waals surface area contributed by atoms with Gasteiger partial charge in [-0.2, -0.15) is 0 Å². The third kappa shape index (κ3) is 6.15. The average molecular weight is 569 g/mol. The first-order valence-electron chi connectivity index (χ1n) is 13.1. The number of hydrogen-bond donors (Lipinski definition) is 2. The van der Waals surface area contributed by atoms with Gasteiger partial charge < -0.3 is 24.4 Å². The highest BCUT2D eigenvalue weighted by atomic mass is 16.5. The molecule has 214 valence electrons. The molecule has 4 aromatic carbocycles. The summed E-state index contributed by atoms with van der Waals surface area (Å²) < 4.78 is 16.1. The molecule has 9 nitrogen and oxygen atoms in total. The van der Waals surface area contributed by atoms with Crippen LogP contribution in [0.25, 0.3) is 0 Å². The number of unbranched alkanes of at least 4 members (excludes halogenated alkanes) is 1. The second-order valence-electron chi connectivity index (χ2n) is 9.15. The number of carbonyl (C=O) groups excluding carboxylic acids is 4. The van der Waals surface area contributed by atoms with Crippen molar-refractivity contribution >= 4 is 23.5 Å². The molecule has 0 atom stereocenters. The van der Waals surface area contributed by atoms with Crippen molar-refractivity contribution in [1.29, 1.82) is 0 Å². The van der Waals surface area contributed by atoms with E-state index in [1.807, 2.05) is 6.92 Å². The van der Waals surface area contributed by atoms with Crippen LogP contribution in [0.5, 0.6) is 23.0 Å². The molecule has 0 radical (unpaired) electrons. The van der Waals surface area contributed by atoms with E-state index in [1.165, 1.54) is 49.6 Å². The molecule has 0 amide bonds. The molecule has 42 heavy (non-hydrogen) atoms. The van der Waals surface area contributed by atoms with Crippen molar-refractivity contribution in [3.63, 3.8) is 0 Å². The van der Waals surface area contributed by atoms with E-state index in [0.29, 0.717) is 18.6 Å². The molecule has 4 rings (SSSR count). The van der Waals surface area contributed by atoms with E-state index in [0.717, 1.165) is 0 Å². The minimum absolute atomic E-state index is 0.0165. The van der Waals surface area contributed by atoms with Gasteiger partial charge in [-0.15, -0.1) is 0 Å². The Kier molecular flexibility index (Phi) is 9.34. The second kappa shape index (κ2) is 13.3. The van der Waals surface area contributed by atoms with Crippen LogP contribution in [0.4, 0.5) is 0 Å². The van der Waals surface area contributed by atoms with Crippen LogP contribution in [0, 0.1) is 0 Å². The number of ether oxygens (including phenoxy) is 3. The Bertz CT molecular complexity index is 1630. The van der Waals surface area contributed by atoms with Gasteiger partial charge in [-0.25, -0.2) is 9.59 Å². The van der Waals surface area contributed by atoms with E-state index < -0.39 is 57.4 Å². The van der Waals surface area contributed by atoms with Gasteiger partial charge >= 0.3 is 11.9 Å². The molecule has 0 spiro atoms. The Morgan fingerprint density at radius 2 is 1.26 bits per heavy atom. The molecule has 0 saturated carbocycles. The standard InChI is InChI=1S/C33H28O9/c1-3-4-18-41-33(39)24-25(27(34)20-12-7-5-8-13-20)29(36)30(37)31(42-32(38)21-14-9-6-10-15-21)26(24)28(35)22-16-11-17-23(19-22)40-2/h5-17,19,36-37H,3-4,18H2,1-2H3. The zero-order valence-electron chi connectivity index (χ0n) is 23.0. The van der Waals surface area contributed by atoms with Crippen LogP contribution in [-0.4, -0.2) is 47.4 Å². The molecular formula is C33H28O9. The number of phenolic OH excluding ortho intramolecular Hbond substituents is 2. The molecular weight excluding hydrogens is 540 g/mol. The number of aromatic hydroxyl groups is 2. The minimum Gasteiger partial charge on any atom is -0.504 e. The molecule has 0 unspecified atom stereocenters. The smallest absolute Gasteiger partial charge is 0.343 e. The van der Waals surface area contributed by atoms with Gasteiger partial charge in [-0.3, -0.25) is 9.59 Å². The van der Waals surface area contributed by atoms with Crippen molar-refractivity contribution in [3.05, 3.63) is 118 Å². The van der Waals surface area contributed by atoms with Crippen LogP contribution in [0.1, 0.15) is 72.3 Å². The van der Waals surface area contributed by atoms with Crippen molar-refractivity contribution < 1.29 is 43.6 Å². The molecule has 0 aromatic heterocycles. The summed E-state index contributed by atoms with van der Waals surface area (Å²) in [7, 11) is 1.40. The largest absolute Gasteiger partial charge is 0.504 e. The van der Waals surface area contributed by atoms with Crippen LogP contribution in [-0.2, 0) is 4.74 Å². The number of hydrogen-bond acceptors (Lipinski definition) is 9. The highest BCUT2D eigenvalue weighted by Gasteiger charge is 2.37. The second-order valence-corrected chi connectivity index (χ2v) is 9.15. The molecule has 0 fully saturated rings. The predicted octanol–water partition coefficient (Wildman–Crippen LogP) is 5.74. The Balaban J connectivity index is 2.04. The fourth-order valence-corrected chi connectivity index (χ4v) is 4.19. The number of rotatable bonds is 11. The first-order valence-corrected chi connectivity index (χ1v) is 13.1. The Labute approximate surface area is 241 Å². The Morgan fingerprint density at radius 3 is 1.88 bits per heavy atom. The van der Waals surface area contributed by atoms with Gasteiger partial charge in [-0.1, -0.05) is 74.0 Å². The lowest BCUT2D eigenvalue weighted by Gasteiger charge is -2.20. The number of phenols is 2. The van der Waals surface area contributed by atoms with Gasteiger partial charge in [0.2, 0.25) is 5.75 Å². The lowest BCUT2D eigenvalue weighted by Crippen LogP contribution is -2.22. The molecule has 0 aliphatic carbocycles. The monoisotopic (exact) mass is 568 g/mol. The quantitative estimate of drug-likeness (QED) is 0.0762. The van der Waals surface area contributed by atoms with E-state index in [-0.39, 0.29) is 23.3 Å². The zero-order chi connectivity index (χ0) is 30.2. The number of ketones is 2. The summed E-state index contributed by atoms with van der Waals surface area (Å²) in [6, 6.07) is 21.3. The van der Waals surface area contributed by atoms with Crippen LogP contribution in [0.2, 0.25) is 0 Å². The third-order valence-corrected chi connectivity index (χ3v) is 6.36. The van der Waals surface area contributed by atoms with Crippen molar-refractivity contribution in [2.45, 2.75) is 19.8 Å². The van der Waals surface area contributed by atoms with Crippen LogP contribution in [0.15, 0.2) is 84.9 Å². The van der Waals surface area contributed by atoms with E-state index in [4.69, 9.17) is 14.2 Å². The first-order chi connectivity index (χ1) is 20.3. The predicted molar refractivity (Wildman–Crippen MR) is 153 cm³/mol. The maximum atomic E-state index is 14.1. The van der Waals surface area contributed by atoms with Gasteiger partial charge in [0.25, 0.3) is 0 Å². The van der Waals surface area contributed by atoms with E-state index in [1.54, 1.807) is 42.5 Å². The normalized spacial score (nSPS) is 10.5. The fraction of sp³-hybridized carbons (Fsp3) is 0.152. The van der Waals surface area contributed by atoms with E-state index in [9.17, 15) is 29.4 Å². The van der Waals surface area contributed by atoms with Gasteiger partial charge in [0, 0.05) is 11.1 Å². The maximum Gasteiger partial charge on any atom is 0.343 e. The van der Waals surface area contributed by atoms with Crippen molar-refractivity contribution in [1.82, 2.24) is 0 Å². The van der Waals surface area contributed by atoms with Crippen LogP contribution >= 0.6 is 0 Å². The topological polar surface area (TPSA) is 136 Å². The van der Waals surface area contributed by atoms with Gasteiger partial charge in [0.05, 0.1) is 36.0 Å². The fourth-order valence-electron chi connectivity index (χ4n) is 4.19. The summed E-state index contributed by atoms with van der Waals surface area (Å²) in [6.45, 7) is 1.82. The number of esters is 2. The highest BCUT2D eigenvalue weighted by molar-refractivity contribution is 6.24. The summed E-state index contributed by atoms with van der Waals surface area (Å²) in [5, 5.41) is 22.3. The molecule has 2 N–H and O–H groups in total. The molecule has 0 heterocycles. The first kappa shape index (κ1) is 29.5. The Hall–Kier alpha value is -5.44. The van der Waals surface area contributed by atoms with Crippen LogP contribution in [0.3, 0.4) is 0 Å². The summed E-state index contributed by atoms with van der Waals surface area (Å²) >= 11 is 0. The third-order valence-electron chi connectivity index (χ3n) is 6.36. The van der Waals surface area contributed by atoms with Crippen LogP contribution < -0.4 is 9.47 Å². The molecule has 9 heteroatoms. The van der Waals surface area contributed by atoms with Gasteiger partial charge in [0.15, 0.2) is 23.1 Å². The summed E-state index contributed by atoms with van der Waals surface area (Å²) in [6.07, 6.45) is 1.16. The SMILES string of the molecule is CCCCOC(=O)c1c(C(=O)c2ccccc2)c(O)c(O)c(OC(=O)c2ccccc2)c1C(=O)c1cccc(OC)c1. The van der Waals surface area contributed by atoms with Crippen molar-refractivity contribution in [2.24, 2.45) is 0 Å². The molecule has 0 aliphatic rings. The van der Waals surface area contributed by atoms with Gasteiger partial charge in [-0.05, 0) is 30.7 Å². The summed E-state index contributed by atoms with van der Waals surface area (Å²) in [5.74, 6) is -6.50. The van der Waals surface area contributed by atoms with Gasteiger partial charge in [0.1, 0.15) is 5.75 Å². The van der Waals surface area contributed by atoms with Crippen molar-refractivity contribution in [3.8, 4) is 23.0 Å². The number of benzene rings is 4. The molecule has 0 aliphatic heterocycles. The summed E-state index contributed by atoms with van der Waals surface area (Å²) in [4.78, 5) is 54.6. The zero-order valence-corrected chi connectivity index (χ0v) is 23.0. The van der Waals surface area contributed by atoms with Crippen molar-refractivity contribution in [2.75, 3.05) is 13.7 Å². The average Bonchev–Trinajstić information content (AvgIpc) is 3.03. The molecule has 0 saturated heterocycles. The van der Waals surface area contributed by atoms with E-state index >= 15 is 0 Å². The maximum absolute atomic E-state index is 14.1. The highest BCUT2D eigenvalue weighted by Crippen LogP contribution is 2.46. The molecule has 4 aromatic rings. The minimum atomic E-state index is -1.12. The Morgan fingerprint density at radius 1 is 0.667 bits per heavy atom. The lowest BCUT2D eigenvalue weighted by molar-refractivity contribution is 0.0491. The molecule has 0 bridgehead atoms. The summed E-state index contributed by atoms with van der Waals surface area (Å²) in [5.41, 5.74) is -1.86. The number of methoxy groups -OCH3 is 1. The lowest BCUT2D eigenvalue weighted by atomic mass is 9.88. The number of carbonyl (C=O) groups is 4.